The Bertz CT molecular complexity index is 957. The van der Waals surface area contributed by atoms with Crippen molar-refractivity contribution < 1.29 is 14.3 Å². The van der Waals surface area contributed by atoms with Crippen LogP contribution in [0.5, 0.6) is 0 Å². The number of aromatic nitrogens is 1. The van der Waals surface area contributed by atoms with E-state index in [1.54, 1.807) is 54.3 Å². The van der Waals surface area contributed by atoms with Crippen molar-refractivity contribution in [3.63, 3.8) is 0 Å². The largest absolute Gasteiger partial charge is 0.449 e. The molecule has 0 aliphatic carbocycles. The SMILES string of the molecule is Cc1csc(SCc2ccccc2C(=O)O[C@@H](C)C(=O)Nc2ccccc2)n1. The van der Waals surface area contributed by atoms with Gasteiger partial charge in [0, 0.05) is 22.5 Å². The van der Waals surface area contributed by atoms with Gasteiger partial charge in [0.05, 0.1) is 5.56 Å². The fraction of sp³-hybridized carbons (Fsp3) is 0.190. The zero-order valence-corrected chi connectivity index (χ0v) is 17.2. The van der Waals surface area contributed by atoms with Crippen LogP contribution in [0.15, 0.2) is 64.3 Å². The van der Waals surface area contributed by atoms with E-state index < -0.39 is 12.1 Å². The molecule has 1 amide bonds. The van der Waals surface area contributed by atoms with E-state index in [9.17, 15) is 9.59 Å². The Hall–Kier alpha value is -2.64. The van der Waals surface area contributed by atoms with Crippen LogP contribution in [0.1, 0.15) is 28.5 Å². The molecular formula is C21H20N2O3S2. The van der Waals surface area contributed by atoms with Crippen LogP contribution in [-0.2, 0) is 15.3 Å². The number of hydrogen-bond acceptors (Lipinski definition) is 6. The van der Waals surface area contributed by atoms with Crippen LogP contribution >= 0.6 is 23.1 Å². The number of aryl methyl sites for hydroxylation is 1. The highest BCUT2D eigenvalue weighted by atomic mass is 32.2. The minimum Gasteiger partial charge on any atom is -0.449 e. The first-order valence-electron chi connectivity index (χ1n) is 8.72. The second-order valence-corrected chi connectivity index (χ2v) is 8.18. The summed E-state index contributed by atoms with van der Waals surface area (Å²) in [5.74, 6) is -0.282. The number of carbonyl (C=O) groups is 2. The Morgan fingerprint density at radius 1 is 1.14 bits per heavy atom. The molecule has 1 N–H and O–H groups in total. The number of amides is 1. The molecule has 144 valence electrons. The average molecular weight is 413 g/mol. The predicted octanol–water partition coefficient (Wildman–Crippen LogP) is 4.93. The number of rotatable bonds is 7. The fourth-order valence-electron chi connectivity index (χ4n) is 2.43. The molecule has 0 unspecified atom stereocenters. The summed E-state index contributed by atoms with van der Waals surface area (Å²) >= 11 is 3.15. The molecule has 1 atom stereocenters. The molecule has 7 heteroatoms. The van der Waals surface area contributed by atoms with E-state index in [4.69, 9.17) is 4.74 Å². The van der Waals surface area contributed by atoms with Crippen molar-refractivity contribution in [2.75, 3.05) is 5.32 Å². The third kappa shape index (κ3) is 5.43. The first-order valence-corrected chi connectivity index (χ1v) is 10.6. The minimum absolute atomic E-state index is 0.371. The summed E-state index contributed by atoms with van der Waals surface area (Å²) in [7, 11) is 0. The van der Waals surface area contributed by atoms with Gasteiger partial charge in [0.25, 0.3) is 5.91 Å². The highest BCUT2D eigenvalue weighted by molar-refractivity contribution is 8.00. The Balaban J connectivity index is 1.62. The minimum atomic E-state index is -0.907. The number of para-hydroxylation sites is 1. The molecule has 3 rings (SSSR count). The Kier molecular flexibility index (Phi) is 6.84. The van der Waals surface area contributed by atoms with E-state index in [0.717, 1.165) is 15.6 Å². The number of benzene rings is 2. The van der Waals surface area contributed by atoms with Gasteiger partial charge in [-0.1, -0.05) is 48.2 Å². The number of thioether (sulfide) groups is 1. The van der Waals surface area contributed by atoms with Gasteiger partial charge in [0.2, 0.25) is 0 Å². The first kappa shape index (κ1) is 20.1. The second-order valence-electron chi connectivity index (χ2n) is 6.10. The van der Waals surface area contributed by atoms with Crippen molar-refractivity contribution in [3.8, 4) is 0 Å². The lowest BCUT2D eigenvalue weighted by atomic mass is 10.1. The van der Waals surface area contributed by atoms with Crippen molar-refractivity contribution in [3.05, 3.63) is 76.8 Å². The topological polar surface area (TPSA) is 68.3 Å². The summed E-state index contributed by atoms with van der Waals surface area (Å²) < 4.78 is 6.35. The molecular weight excluding hydrogens is 392 g/mol. The maximum Gasteiger partial charge on any atom is 0.339 e. The smallest absolute Gasteiger partial charge is 0.339 e. The molecule has 1 aromatic heterocycles. The number of anilines is 1. The molecule has 0 aliphatic heterocycles. The standard InChI is InChI=1S/C21H20N2O3S2/c1-14-12-27-21(22-14)28-13-16-8-6-7-11-18(16)20(25)26-15(2)19(24)23-17-9-4-3-5-10-17/h3-12,15H,13H2,1-2H3,(H,23,24)/t15-/m0/s1. The zero-order valence-electron chi connectivity index (χ0n) is 15.5. The maximum atomic E-state index is 12.6. The quantitative estimate of drug-likeness (QED) is 0.440. The summed E-state index contributed by atoms with van der Waals surface area (Å²) in [6, 6.07) is 16.3. The summed E-state index contributed by atoms with van der Waals surface area (Å²) in [5.41, 5.74) is 2.95. The zero-order chi connectivity index (χ0) is 19.9. The highest BCUT2D eigenvalue weighted by Crippen LogP contribution is 2.27. The van der Waals surface area contributed by atoms with Crippen molar-refractivity contribution in [1.29, 1.82) is 0 Å². The number of carbonyl (C=O) groups excluding carboxylic acids is 2. The summed E-state index contributed by atoms with van der Waals surface area (Å²) in [6.45, 7) is 3.51. The normalized spacial score (nSPS) is 11.6. The average Bonchev–Trinajstić information content (AvgIpc) is 3.12. The molecule has 0 bridgehead atoms. The van der Waals surface area contributed by atoms with Gasteiger partial charge in [-0.3, -0.25) is 4.79 Å². The van der Waals surface area contributed by atoms with Crippen LogP contribution in [0, 0.1) is 6.92 Å². The summed E-state index contributed by atoms with van der Waals surface area (Å²) in [6.07, 6.45) is -0.907. The fourth-order valence-corrected chi connectivity index (χ4v) is 4.28. The third-order valence-corrected chi connectivity index (χ3v) is 6.07. The molecule has 0 spiro atoms. The predicted molar refractivity (Wildman–Crippen MR) is 113 cm³/mol. The third-order valence-electron chi connectivity index (χ3n) is 3.88. The molecule has 0 radical (unpaired) electrons. The van der Waals surface area contributed by atoms with Crippen LogP contribution in [0.2, 0.25) is 0 Å². The molecule has 28 heavy (non-hydrogen) atoms. The van der Waals surface area contributed by atoms with Crippen molar-refractivity contribution >= 4 is 40.7 Å². The van der Waals surface area contributed by atoms with Gasteiger partial charge in [-0.15, -0.1) is 11.3 Å². The van der Waals surface area contributed by atoms with Gasteiger partial charge in [0.15, 0.2) is 6.10 Å². The van der Waals surface area contributed by atoms with Crippen LogP contribution in [0.4, 0.5) is 5.69 Å². The van der Waals surface area contributed by atoms with Gasteiger partial charge >= 0.3 is 5.97 Å². The van der Waals surface area contributed by atoms with E-state index in [2.05, 4.69) is 10.3 Å². The molecule has 0 saturated heterocycles. The number of ether oxygens (including phenoxy) is 1. The molecule has 2 aromatic carbocycles. The van der Waals surface area contributed by atoms with E-state index >= 15 is 0 Å². The van der Waals surface area contributed by atoms with E-state index in [1.807, 2.05) is 42.6 Å². The summed E-state index contributed by atoms with van der Waals surface area (Å²) in [5, 5.41) is 4.73. The molecule has 1 heterocycles. The van der Waals surface area contributed by atoms with Crippen LogP contribution in [0.3, 0.4) is 0 Å². The second kappa shape index (κ2) is 9.52. The monoisotopic (exact) mass is 412 g/mol. The Morgan fingerprint density at radius 2 is 1.86 bits per heavy atom. The lowest BCUT2D eigenvalue weighted by Gasteiger charge is -2.15. The number of nitrogens with one attached hydrogen (secondary N) is 1. The maximum absolute atomic E-state index is 12.6. The van der Waals surface area contributed by atoms with Crippen LogP contribution in [-0.4, -0.2) is 23.0 Å². The Morgan fingerprint density at radius 3 is 2.57 bits per heavy atom. The molecule has 0 saturated carbocycles. The van der Waals surface area contributed by atoms with Gasteiger partial charge in [-0.2, -0.15) is 0 Å². The molecule has 0 fully saturated rings. The van der Waals surface area contributed by atoms with Gasteiger partial charge in [-0.25, -0.2) is 9.78 Å². The van der Waals surface area contributed by atoms with Gasteiger partial charge < -0.3 is 10.1 Å². The van der Waals surface area contributed by atoms with E-state index in [-0.39, 0.29) is 5.91 Å². The Labute approximate surface area is 172 Å². The highest BCUT2D eigenvalue weighted by Gasteiger charge is 2.21. The van der Waals surface area contributed by atoms with Crippen molar-refractivity contribution in [2.24, 2.45) is 0 Å². The number of esters is 1. The number of hydrogen-bond donors (Lipinski definition) is 1. The number of thiazole rings is 1. The van der Waals surface area contributed by atoms with Crippen LogP contribution in [0.25, 0.3) is 0 Å². The van der Waals surface area contributed by atoms with E-state index in [1.165, 1.54) is 0 Å². The first-order chi connectivity index (χ1) is 13.5. The van der Waals surface area contributed by atoms with Crippen molar-refractivity contribution in [2.45, 2.75) is 30.0 Å². The van der Waals surface area contributed by atoms with Gasteiger partial charge in [0.1, 0.15) is 4.34 Å². The summed E-state index contributed by atoms with van der Waals surface area (Å²) in [4.78, 5) is 29.3. The van der Waals surface area contributed by atoms with E-state index in [0.29, 0.717) is 17.0 Å². The van der Waals surface area contributed by atoms with Gasteiger partial charge in [-0.05, 0) is 37.6 Å². The van der Waals surface area contributed by atoms with Crippen LogP contribution < -0.4 is 5.32 Å². The lowest BCUT2D eigenvalue weighted by molar-refractivity contribution is -0.123. The molecule has 3 aromatic rings. The number of nitrogens with zero attached hydrogens (tertiary/aromatic N) is 1. The van der Waals surface area contributed by atoms with Crippen molar-refractivity contribution in [1.82, 2.24) is 4.98 Å². The lowest BCUT2D eigenvalue weighted by Crippen LogP contribution is -2.30. The molecule has 0 aliphatic rings. The molecule has 5 nitrogen and oxygen atoms in total.